The lowest BCUT2D eigenvalue weighted by Gasteiger charge is -2.24. The number of likely N-dealkylation sites (tertiary alicyclic amines) is 1. The molecule has 10 nitrogen and oxygen atoms in total. The predicted molar refractivity (Wildman–Crippen MR) is 117 cm³/mol. The monoisotopic (exact) mass is 477 g/mol. The first kappa shape index (κ1) is 22.9. The molecular formula is C21H24FN5O5S. The average molecular weight is 478 g/mol. The van der Waals surface area contributed by atoms with Crippen LogP contribution in [-0.2, 0) is 14.6 Å². The van der Waals surface area contributed by atoms with Crippen LogP contribution in [0.3, 0.4) is 0 Å². The number of aromatic nitrogens is 4. The molecule has 1 unspecified atom stereocenters. The van der Waals surface area contributed by atoms with E-state index in [2.05, 4.69) is 15.1 Å². The molecule has 0 spiro atoms. The van der Waals surface area contributed by atoms with Crippen LogP contribution in [0.5, 0.6) is 5.88 Å². The van der Waals surface area contributed by atoms with Gasteiger partial charge >= 0.3 is 6.09 Å². The second-order valence-electron chi connectivity index (χ2n) is 8.81. The van der Waals surface area contributed by atoms with Crippen LogP contribution >= 0.6 is 0 Å². The first-order valence-electron chi connectivity index (χ1n) is 10.3. The fourth-order valence-corrected chi connectivity index (χ4v) is 4.09. The first-order chi connectivity index (χ1) is 15.4. The quantitative estimate of drug-likeness (QED) is 0.563. The summed E-state index contributed by atoms with van der Waals surface area (Å²) in [7, 11) is -3.55. The zero-order valence-electron chi connectivity index (χ0n) is 18.6. The Bertz CT molecular complexity index is 1320. The summed E-state index contributed by atoms with van der Waals surface area (Å²) in [4.78, 5) is 22.1. The second-order valence-corrected chi connectivity index (χ2v) is 10.8. The van der Waals surface area contributed by atoms with E-state index in [9.17, 15) is 17.6 Å². The van der Waals surface area contributed by atoms with Gasteiger partial charge in [-0.15, -0.1) is 0 Å². The van der Waals surface area contributed by atoms with Crippen LogP contribution in [0.4, 0.5) is 9.18 Å². The van der Waals surface area contributed by atoms with Crippen molar-refractivity contribution in [3.8, 4) is 11.6 Å². The number of sulfone groups is 1. The largest absolute Gasteiger partial charge is 0.472 e. The van der Waals surface area contributed by atoms with Gasteiger partial charge in [-0.05, 0) is 39.0 Å². The van der Waals surface area contributed by atoms with E-state index in [1.165, 1.54) is 29.3 Å². The number of benzene rings is 1. The second kappa shape index (κ2) is 8.25. The molecule has 0 saturated carbocycles. The smallest absolute Gasteiger partial charge is 0.410 e. The highest BCUT2D eigenvalue weighted by molar-refractivity contribution is 7.90. The van der Waals surface area contributed by atoms with E-state index >= 15 is 0 Å². The third-order valence-corrected chi connectivity index (χ3v) is 6.09. The molecule has 1 atom stereocenters. The summed E-state index contributed by atoms with van der Waals surface area (Å²) in [5, 5.41) is 4.66. The van der Waals surface area contributed by atoms with E-state index in [4.69, 9.17) is 9.47 Å². The Labute approximate surface area is 190 Å². The van der Waals surface area contributed by atoms with Crippen molar-refractivity contribution in [2.75, 3.05) is 19.3 Å². The highest BCUT2D eigenvalue weighted by Crippen LogP contribution is 2.27. The third kappa shape index (κ3) is 4.90. The summed E-state index contributed by atoms with van der Waals surface area (Å²) >= 11 is 0. The lowest BCUT2D eigenvalue weighted by molar-refractivity contribution is 0.0275. The van der Waals surface area contributed by atoms with Gasteiger partial charge in [0.25, 0.3) is 0 Å². The van der Waals surface area contributed by atoms with Crippen LogP contribution in [0, 0.1) is 5.82 Å². The van der Waals surface area contributed by atoms with Gasteiger partial charge in [-0.1, -0.05) is 0 Å². The molecule has 176 valence electrons. The van der Waals surface area contributed by atoms with Gasteiger partial charge in [0.2, 0.25) is 5.88 Å². The summed E-state index contributed by atoms with van der Waals surface area (Å²) in [5.74, 6) is -0.497. The topological polar surface area (TPSA) is 117 Å². The number of ether oxygens (including phenoxy) is 2. The molecule has 0 N–H and O–H groups in total. The van der Waals surface area contributed by atoms with Crippen LogP contribution in [0.1, 0.15) is 27.2 Å². The van der Waals surface area contributed by atoms with Crippen molar-refractivity contribution in [2.24, 2.45) is 0 Å². The van der Waals surface area contributed by atoms with Crippen LogP contribution < -0.4 is 4.74 Å². The van der Waals surface area contributed by atoms with Crippen LogP contribution in [-0.4, -0.2) is 70.2 Å². The summed E-state index contributed by atoms with van der Waals surface area (Å²) in [6.07, 6.45) is 3.63. The lowest BCUT2D eigenvalue weighted by atomic mass is 10.2. The molecule has 2 aromatic heterocycles. The zero-order valence-corrected chi connectivity index (χ0v) is 19.5. The number of halogens is 1. The fraction of sp³-hybridized carbons (Fsp3) is 0.429. The standard InChI is InChI=1S/C21H24FN5O5S/c1-21(2,3)32-20(28)26-8-7-13(11-26)31-19-15-10-25-27(18(15)23-12-24-19)17-6-5-14(9-16(17)22)33(4,29)30/h5-6,9-10,12-13H,7-8,11H2,1-4H3. The number of rotatable bonds is 4. The van der Waals surface area contributed by atoms with Crippen molar-refractivity contribution in [3.05, 3.63) is 36.5 Å². The van der Waals surface area contributed by atoms with E-state index in [0.29, 0.717) is 30.5 Å². The molecule has 1 amide bonds. The van der Waals surface area contributed by atoms with Gasteiger partial charge < -0.3 is 14.4 Å². The van der Waals surface area contributed by atoms with Crippen molar-refractivity contribution < 1.29 is 27.1 Å². The molecule has 1 aliphatic heterocycles. The lowest BCUT2D eigenvalue weighted by Crippen LogP contribution is -2.36. The maximum absolute atomic E-state index is 14.7. The fourth-order valence-electron chi connectivity index (χ4n) is 3.46. The predicted octanol–water partition coefficient (Wildman–Crippen LogP) is 2.75. The highest BCUT2D eigenvalue weighted by Gasteiger charge is 2.31. The van der Waals surface area contributed by atoms with Crippen molar-refractivity contribution >= 4 is 27.0 Å². The molecule has 12 heteroatoms. The van der Waals surface area contributed by atoms with Crippen molar-refractivity contribution in [1.82, 2.24) is 24.6 Å². The number of carbonyl (C=O) groups excluding carboxylic acids is 1. The first-order valence-corrected chi connectivity index (χ1v) is 12.1. The molecule has 33 heavy (non-hydrogen) atoms. The zero-order chi connectivity index (χ0) is 24.0. The molecule has 4 rings (SSSR count). The molecule has 3 heterocycles. The van der Waals surface area contributed by atoms with Gasteiger partial charge in [0.05, 0.1) is 17.6 Å². The SMILES string of the molecule is CC(C)(C)OC(=O)N1CCC(Oc2ncnc3c2cnn3-c2ccc(S(C)(=O)=O)cc2F)C1. The number of nitrogens with zero attached hydrogens (tertiary/aromatic N) is 5. The van der Waals surface area contributed by atoms with Gasteiger partial charge in [-0.2, -0.15) is 5.10 Å². The molecular weight excluding hydrogens is 453 g/mol. The van der Waals surface area contributed by atoms with Crippen molar-refractivity contribution in [3.63, 3.8) is 0 Å². The molecule has 1 aromatic carbocycles. The Hall–Kier alpha value is -3.28. The van der Waals surface area contributed by atoms with E-state index in [0.717, 1.165) is 12.3 Å². The number of amides is 1. The molecule has 1 fully saturated rings. The molecule has 1 saturated heterocycles. The molecule has 0 radical (unpaired) electrons. The summed E-state index contributed by atoms with van der Waals surface area (Å²) in [6, 6.07) is 3.58. The van der Waals surface area contributed by atoms with E-state index < -0.39 is 27.3 Å². The molecule has 3 aromatic rings. The number of hydrogen-bond acceptors (Lipinski definition) is 8. The molecule has 0 aliphatic carbocycles. The summed E-state index contributed by atoms with van der Waals surface area (Å²) < 4.78 is 50.7. The number of hydrogen-bond donors (Lipinski definition) is 0. The van der Waals surface area contributed by atoms with Crippen LogP contribution in [0.2, 0.25) is 0 Å². The van der Waals surface area contributed by atoms with Crippen molar-refractivity contribution in [1.29, 1.82) is 0 Å². The van der Waals surface area contributed by atoms with E-state index in [1.807, 2.05) is 20.8 Å². The van der Waals surface area contributed by atoms with Gasteiger partial charge in [-0.3, -0.25) is 0 Å². The minimum absolute atomic E-state index is 0.0408. The number of carbonyl (C=O) groups is 1. The highest BCUT2D eigenvalue weighted by atomic mass is 32.2. The Kier molecular flexibility index (Phi) is 5.72. The molecule has 1 aliphatic rings. The van der Waals surface area contributed by atoms with E-state index in [1.54, 1.807) is 4.90 Å². The Balaban J connectivity index is 1.56. The van der Waals surface area contributed by atoms with Gasteiger partial charge in [0.1, 0.15) is 34.9 Å². The van der Waals surface area contributed by atoms with Crippen LogP contribution in [0.25, 0.3) is 16.7 Å². The summed E-state index contributed by atoms with van der Waals surface area (Å²) in [6.45, 7) is 6.26. The van der Waals surface area contributed by atoms with E-state index in [-0.39, 0.29) is 22.6 Å². The maximum Gasteiger partial charge on any atom is 0.410 e. The normalized spacial score (nSPS) is 16.9. The maximum atomic E-state index is 14.7. The Morgan fingerprint density at radius 1 is 1.24 bits per heavy atom. The Morgan fingerprint density at radius 2 is 2.00 bits per heavy atom. The molecule has 0 bridgehead atoms. The minimum atomic E-state index is -3.55. The van der Waals surface area contributed by atoms with Gasteiger partial charge in [-0.25, -0.2) is 32.3 Å². The number of fused-ring (bicyclic) bond motifs is 1. The van der Waals surface area contributed by atoms with Crippen molar-refractivity contribution in [2.45, 2.75) is 43.8 Å². The van der Waals surface area contributed by atoms with Gasteiger partial charge in [0.15, 0.2) is 15.5 Å². The minimum Gasteiger partial charge on any atom is -0.472 e. The Morgan fingerprint density at radius 3 is 2.67 bits per heavy atom. The van der Waals surface area contributed by atoms with Gasteiger partial charge in [0, 0.05) is 19.2 Å². The third-order valence-electron chi connectivity index (χ3n) is 4.98. The average Bonchev–Trinajstić information content (AvgIpc) is 3.34. The van der Waals surface area contributed by atoms with Crippen LogP contribution in [0.15, 0.2) is 35.6 Å². The summed E-state index contributed by atoms with van der Waals surface area (Å²) in [5.41, 5.74) is -0.245.